The van der Waals surface area contributed by atoms with E-state index in [1.807, 2.05) is 71.8 Å². The number of carbonyl (C=O) groups excluding carboxylic acids is 1. The number of aliphatic hydroxyl groups excluding tert-OH is 1. The van der Waals surface area contributed by atoms with Gasteiger partial charge in [0.2, 0.25) is 0 Å². The van der Waals surface area contributed by atoms with E-state index in [9.17, 15) is 4.79 Å². The molecule has 21 aromatic rings. The number of allylic oxidation sites excluding steroid dienone is 2. The van der Waals surface area contributed by atoms with E-state index >= 15 is 0 Å². The van der Waals surface area contributed by atoms with Gasteiger partial charge in [-0.05, 0) is 153 Å². The van der Waals surface area contributed by atoms with Crippen molar-refractivity contribution in [1.29, 1.82) is 0 Å². The van der Waals surface area contributed by atoms with Crippen molar-refractivity contribution in [3.63, 3.8) is 0 Å². The molecule has 13 heteroatoms. The fourth-order valence-electron chi connectivity index (χ4n) is 15.1. The number of para-hydroxylation sites is 1. The summed E-state index contributed by atoms with van der Waals surface area (Å²) in [4.78, 5) is 23.6. The van der Waals surface area contributed by atoms with Gasteiger partial charge in [0, 0.05) is 126 Å². The summed E-state index contributed by atoms with van der Waals surface area (Å²) in [7, 11) is 5.99. The summed E-state index contributed by atoms with van der Waals surface area (Å²) in [5, 5.41) is 37.6. The molecule has 2 radical (unpaired) electrons. The maximum absolute atomic E-state index is 10.0. The molecule has 0 unspecified atom stereocenters. The third-order valence-corrected chi connectivity index (χ3v) is 19.5. The molecule has 0 saturated heterocycles. The average molecular weight is 1680 g/mol. The number of hydrogen-bond donors (Lipinski definition) is 1. The van der Waals surface area contributed by atoms with Crippen LogP contribution >= 0.6 is 0 Å². The molecular weight excluding hydrogens is 1620 g/mol. The number of rotatable bonds is 4. The zero-order chi connectivity index (χ0) is 67.4. The summed E-state index contributed by atoms with van der Waals surface area (Å²) >= 11 is 0. The normalized spacial score (nSPS) is 11.8. The van der Waals surface area contributed by atoms with E-state index in [-0.39, 0.29) is 51.8 Å². The number of carbonyl (C=O) groups is 1. The summed E-state index contributed by atoms with van der Waals surface area (Å²) in [6, 6.07) is 86.4. The Morgan fingerprint density at radius 1 is 0.343 bits per heavy atom. The molecule has 21 rings (SSSR count). The molecule has 6 aromatic heterocycles. The van der Waals surface area contributed by atoms with Gasteiger partial charge in [0.15, 0.2) is 5.78 Å². The Morgan fingerprint density at radius 2 is 0.618 bits per heavy atom. The van der Waals surface area contributed by atoms with E-state index < -0.39 is 0 Å². The first-order valence-electron chi connectivity index (χ1n) is 33.2. The maximum atomic E-state index is 10.0. The zero-order valence-corrected chi connectivity index (χ0v) is 60.6. The molecule has 0 aliphatic heterocycles. The van der Waals surface area contributed by atoms with Crippen LogP contribution in [0.2, 0.25) is 0 Å². The molecule has 0 bridgehead atoms. The number of aryl methyl sites for hydroxylation is 3. The second-order valence-electron chi connectivity index (χ2n) is 25.6. The van der Waals surface area contributed by atoms with Crippen LogP contribution in [0.25, 0.3) is 197 Å². The van der Waals surface area contributed by atoms with Crippen LogP contribution in [0.3, 0.4) is 0 Å². The molecule has 0 aliphatic rings. The fraction of sp³-hybridized carbons (Fsp3) is 0.0562. The first-order valence-corrected chi connectivity index (χ1v) is 33.2. The Labute approximate surface area is 610 Å². The smallest absolute Gasteiger partial charge is 0.155 e. The van der Waals surface area contributed by atoms with Crippen LogP contribution in [-0.2, 0) is 66.1 Å². The Hall–Kier alpha value is -11.8. The molecule has 102 heavy (non-hydrogen) atoms. The van der Waals surface area contributed by atoms with Gasteiger partial charge in [-0.3, -0.25) is 14.8 Å². The number of nitrogens with zero attached hydrogens (tertiary/aromatic N) is 6. The molecule has 496 valence electrons. The molecule has 0 amide bonds. The number of furan rings is 3. The zero-order valence-electron chi connectivity index (χ0n) is 55.8. The van der Waals surface area contributed by atoms with Crippen LogP contribution in [0, 0.1) is 12.1 Å². The minimum absolute atomic E-state index is 0. The minimum Gasteiger partial charge on any atom is -0.512 e. The maximum Gasteiger partial charge on any atom is 0.155 e. The van der Waals surface area contributed by atoms with Crippen molar-refractivity contribution in [1.82, 2.24) is 28.7 Å². The Bertz CT molecular complexity index is 6340. The van der Waals surface area contributed by atoms with Crippen molar-refractivity contribution >= 4 is 169 Å². The van der Waals surface area contributed by atoms with Gasteiger partial charge in [-0.2, -0.15) is 0 Å². The molecular formula is C89H60Ir2N6O5-2. The standard InChI is InChI=1S/C28H18N2O.2C28H17N2O.C5H8O2.2Ir/c3*1-30-14-13-29-28(30)22-12-6-11-21-25-15-23-19-9-4-2-7-17(19)18-8-3-5-10-20(18)24(23)16-26(25)31-27(21)22;1-4(6)3-5(2)7;;/h2-16H,1H3;2*2-11,13-16H,1H3;3,6H,1-2H3;;/q;2*-1;;;. The van der Waals surface area contributed by atoms with Gasteiger partial charge in [0.25, 0.3) is 0 Å². The quantitative estimate of drug-likeness (QED) is 0.0798. The molecule has 0 spiro atoms. The van der Waals surface area contributed by atoms with Gasteiger partial charge in [0.1, 0.15) is 28.2 Å². The Balaban J connectivity index is 0.000000112. The molecule has 1 N–H and O–H groups in total. The predicted molar refractivity (Wildman–Crippen MR) is 410 cm³/mol. The van der Waals surface area contributed by atoms with E-state index in [1.165, 1.54) is 117 Å². The topological polar surface area (TPSA) is 130 Å². The number of benzene rings is 15. The van der Waals surface area contributed by atoms with Gasteiger partial charge in [-0.15, -0.1) is 36.4 Å². The number of aliphatic hydroxyl groups is 1. The predicted octanol–water partition coefficient (Wildman–Crippen LogP) is 23.0. The van der Waals surface area contributed by atoms with Crippen LogP contribution < -0.4 is 0 Å². The van der Waals surface area contributed by atoms with Gasteiger partial charge >= 0.3 is 0 Å². The van der Waals surface area contributed by atoms with E-state index in [0.29, 0.717) is 0 Å². The summed E-state index contributed by atoms with van der Waals surface area (Å²) in [5.74, 6) is 2.55. The molecule has 0 atom stereocenters. The number of imidazole rings is 3. The molecule has 6 heterocycles. The number of aromatic nitrogens is 6. The molecule has 0 aliphatic carbocycles. The minimum atomic E-state index is -0.125. The Morgan fingerprint density at radius 3 is 0.902 bits per heavy atom. The molecule has 0 fully saturated rings. The first kappa shape index (κ1) is 64.8. The van der Waals surface area contributed by atoms with E-state index in [1.54, 1.807) is 12.4 Å². The SMILES string of the molecule is CC(=O)C=C(C)O.Cn1ccnc1-c1[c-]ccc2c1oc1cc3c4ccccc4c4ccccc4c3cc12.Cn1ccnc1-c1[c-]ccc2c1oc1cc3c4ccccc4c4ccccc4c3cc12.Cn1ccnc1-c1cccc2c1oc1cc3c4ccccc4c4ccccc4c3cc12.[Ir].[Ir]. The van der Waals surface area contributed by atoms with Crippen molar-refractivity contribution < 1.29 is 63.4 Å². The van der Waals surface area contributed by atoms with Gasteiger partial charge < -0.3 is 32.1 Å². The third kappa shape index (κ3) is 10.7. The molecule has 15 aromatic carbocycles. The van der Waals surface area contributed by atoms with Crippen LogP contribution in [0.5, 0.6) is 0 Å². The van der Waals surface area contributed by atoms with Crippen LogP contribution in [0.15, 0.2) is 287 Å². The second kappa shape index (κ2) is 26.0. The monoisotopic (exact) mass is 1680 g/mol. The van der Waals surface area contributed by atoms with Crippen molar-refractivity contribution in [2.45, 2.75) is 13.8 Å². The molecule has 11 nitrogen and oxygen atoms in total. The van der Waals surface area contributed by atoms with Crippen LogP contribution in [-0.4, -0.2) is 39.5 Å². The summed E-state index contributed by atoms with van der Waals surface area (Å²) < 4.78 is 25.4. The van der Waals surface area contributed by atoms with Gasteiger partial charge in [0.05, 0.1) is 34.1 Å². The van der Waals surface area contributed by atoms with Gasteiger partial charge in [-0.25, -0.2) is 4.98 Å². The van der Waals surface area contributed by atoms with E-state index in [4.69, 9.17) is 18.4 Å². The van der Waals surface area contributed by atoms with Crippen molar-refractivity contribution in [2.24, 2.45) is 21.1 Å². The van der Waals surface area contributed by atoms with Crippen molar-refractivity contribution in [3.05, 3.63) is 286 Å². The van der Waals surface area contributed by atoms with Gasteiger partial charge in [-0.1, -0.05) is 180 Å². The third-order valence-electron chi connectivity index (χ3n) is 19.5. The van der Waals surface area contributed by atoms with E-state index in [2.05, 4.69) is 239 Å². The average Bonchev–Trinajstić information content (AvgIpc) is 1.41. The number of fused-ring (bicyclic) bond motifs is 27. The van der Waals surface area contributed by atoms with Crippen molar-refractivity contribution in [3.8, 4) is 34.2 Å². The largest absolute Gasteiger partial charge is 0.512 e. The number of hydrogen-bond acceptors (Lipinski definition) is 8. The Kier molecular flexibility index (Phi) is 16.6. The van der Waals surface area contributed by atoms with Crippen molar-refractivity contribution in [2.75, 3.05) is 0 Å². The second-order valence-corrected chi connectivity index (χ2v) is 25.6. The van der Waals surface area contributed by atoms with Crippen LogP contribution in [0.4, 0.5) is 0 Å². The number of ketones is 1. The first-order chi connectivity index (χ1) is 49.0. The fourth-order valence-corrected chi connectivity index (χ4v) is 15.1. The summed E-state index contributed by atoms with van der Waals surface area (Å²) in [6.45, 7) is 2.85. The van der Waals surface area contributed by atoms with E-state index in [0.717, 1.165) is 100.0 Å². The van der Waals surface area contributed by atoms with Crippen LogP contribution in [0.1, 0.15) is 13.8 Å². The summed E-state index contributed by atoms with van der Waals surface area (Å²) in [5.41, 5.74) is 8.02. The summed E-state index contributed by atoms with van der Waals surface area (Å²) in [6.07, 6.45) is 12.4. The molecule has 0 saturated carbocycles.